The van der Waals surface area contributed by atoms with Gasteiger partial charge in [0.1, 0.15) is 0 Å². The number of rotatable bonds is 7. The number of aliphatic hydroxyl groups is 1. The quantitative estimate of drug-likeness (QED) is 0.318. The molecule has 2 aromatic carbocycles. The fourth-order valence-corrected chi connectivity index (χ4v) is 4.45. The van der Waals surface area contributed by atoms with Gasteiger partial charge in [0.25, 0.3) is 0 Å². The normalized spacial score (nSPS) is 16.5. The van der Waals surface area contributed by atoms with E-state index in [9.17, 15) is 19.8 Å². The van der Waals surface area contributed by atoms with Gasteiger partial charge in [0.15, 0.2) is 0 Å². The van der Waals surface area contributed by atoms with Crippen LogP contribution in [0.1, 0.15) is 34.1 Å². The van der Waals surface area contributed by atoms with E-state index in [-0.39, 0.29) is 12.6 Å². The van der Waals surface area contributed by atoms with Crippen LogP contribution in [0.3, 0.4) is 0 Å². The predicted octanol–water partition coefficient (Wildman–Crippen LogP) is 4.38. The Morgan fingerprint density at radius 1 is 1.06 bits per heavy atom. The van der Waals surface area contributed by atoms with E-state index in [1.165, 1.54) is 10.8 Å². The third kappa shape index (κ3) is 4.74. The number of esters is 1. The van der Waals surface area contributed by atoms with E-state index in [4.69, 9.17) is 4.74 Å². The zero-order chi connectivity index (χ0) is 23.2. The summed E-state index contributed by atoms with van der Waals surface area (Å²) in [5, 5.41) is 20.6. The highest BCUT2D eigenvalue weighted by Gasteiger charge is 2.33. The number of fused-ring (bicyclic) bond motifs is 3. The molecule has 3 aromatic rings. The van der Waals surface area contributed by atoms with E-state index in [1.807, 2.05) is 36.4 Å². The van der Waals surface area contributed by atoms with Gasteiger partial charge in [0.05, 0.1) is 29.1 Å². The average Bonchev–Trinajstić information content (AvgIpc) is 3.18. The summed E-state index contributed by atoms with van der Waals surface area (Å²) in [5.74, 6) is -0.423. The van der Waals surface area contributed by atoms with E-state index >= 15 is 0 Å². The number of carboxylic acid groups (broad SMARTS) is 1. The van der Waals surface area contributed by atoms with Gasteiger partial charge in [-0.25, -0.2) is 14.2 Å². The lowest BCUT2D eigenvalue weighted by Gasteiger charge is -2.35. The summed E-state index contributed by atoms with van der Waals surface area (Å²) in [4.78, 5) is 26.2. The Kier molecular flexibility index (Phi) is 7.02. The molecule has 1 aromatic heterocycles. The summed E-state index contributed by atoms with van der Waals surface area (Å²) >= 11 is 0. The molecular weight excluding hydrogens is 420 g/mol. The van der Waals surface area contributed by atoms with Crippen LogP contribution in [0, 0.1) is 0 Å². The van der Waals surface area contributed by atoms with Crippen LogP contribution >= 0.6 is 0 Å². The van der Waals surface area contributed by atoms with Crippen LogP contribution in [-0.2, 0) is 11.2 Å². The molecule has 7 heteroatoms. The molecule has 1 aliphatic rings. The van der Waals surface area contributed by atoms with Gasteiger partial charge in [-0.3, -0.25) is 4.90 Å². The zero-order valence-electron chi connectivity index (χ0n) is 18.1. The minimum atomic E-state index is -1.02. The Morgan fingerprint density at radius 2 is 1.82 bits per heavy atom. The number of benzene rings is 2. The zero-order valence-corrected chi connectivity index (χ0v) is 18.1. The Labute approximate surface area is 191 Å². The van der Waals surface area contributed by atoms with Gasteiger partial charge in [-0.05, 0) is 42.7 Å². The lowest BCUT2D eigenvalue weighted by atomic mass is 9.95. The Hall–Kier alpha value is -3.68. The molecule has 4 rings (SSSR count). The van der Waals surface area contributed by atoms with Crippen molar-refractivity contribution in [2.45, 2.75) is 18.9 Å². The van der Waals surface area contributed by atoms with Gasteiger partial charge in [-0.1, -0.05) is 48.6 Å². The van der Waals surface area contributed by atoms with Gasteiger partial charge >= 0.3 is 12.1 Å². The van der Waals surface area contributed by atoms with Crippen LogP contribution < -0.4 is 0 Å². The number of carbonyl (C=O) groups is 2. The summed E-state index contributed by atoms with van der Waals surface area (Å²) in [6.45, 7) is 1.28. The monoisotopic (exact) mass is 446 g/mol. The van der Waals surface area contributed by atoms with E-state index in [2.05, 4.69) is 4.90 Å². The minimum Gasteiger partial charge on any atom is -0.464 e. The van der Waals surface area contributed by atoms with Crippen molar-refractivity contribution in [3.63, 3.8) is 0 Å². The largest absolute Gasteiger partial charge is 0.464 e. The molecule has 1 atom stereocenters. The number of hydrogen-bond acceptors (Lipinski definition) is 5. The van der Waals surface area contributed by atoms with Crippen LogP contribution in [0.15, 0.2) is 79.1 Å². The molecule has 0 fully saturated rings. The highest BCUT2D eigenvalue weighted by molar-refractivity contribution is 5.93. The molecular formula is C26H26N2O5. The smallest absolute Gasteiger partial charge is 0.416 e. The molecule has 0 radical (unpaired) electrons. The SMILES string of the molecule is O=C(O/C=C/C=C/CN1CCc2c(n(C(=O)O)c3ccccc23)C1CCO)c1ccccc1. The summed E-state index contributed by atoms with van der Waals surface area (Å²) in [6.07, 6.45) is 6.85. The van der Waals surface area contributed by atoms with Crippen LogP contribution in [0.4, 0.5) is 4.79 Å². The standard InChI is InChI=1S/C26H26N2O5/c29-17-14-23-24-21(20-11-5-6-12-22(20)28(24)26(31)32)13-16-27(23)15-7-2-8-18-33-25(30)19-9-3-1-4-10-19/h1-12,18,23,29H,13-17H2,(H,31,32)/b7-2+,18-8+. The first-order valence-electron chi connectivity index (χ1n) is 10.9. The molecule has 0 saturated heterocycles. The van der Waals surface area contributed by atoms with Crippen molar-refractivity contribution < 1.29 is 24.5 Å². The predicted molar refractivity (Wildman–Crippen MR) is 125 cm³/mol. The number of carbonyl (C=O) groups excluding carboxylic acids is 1. The molecule has 2 N–H and O–H groups in total. The number of para-hydroxylation sites is 1. The minimum absolute atomic E-state index is 0.0409. The number of hydrogen-bond donors (Lipinski definition) is 2. The highest BCUT2D eigenvalue weighted by atomic mass is 16.5. The van der Waals surface area contributed by atoms with E-state index in [0.29, 0.717) is 24.0 Å². The van der Waals surface area contributed by atoms with Gasteiger partial charge in [-0.15, -0.1) is 0 Å². The van der Waals surface area contributed by atoms with E-state index < -0.39 is 12.1 Å². The van der Waals surface area contributed by atoms with E-state index in [1.54, 1.807) is 36.4 Å². The van der Waals surface area contributed by atoms with Crippen molar-refractivity contribution in [2.24, 2.45) is 0 Å². The third-order valence-electron chi connectivity index (χ3n) is 5.87. The number of allylic oxidation sites excluding steroid dienone is 2. The highest BCUT2D eigenvalue weighted by Crippen LogP contribution is 2.38. The molecule has 0 spiro atoms. The van der Waals surface area contributed by atoms with E-state index in [0.717, 1.165) is 29.6 Å². The van der Waals surface area contributed by atoms with Gasteiger partial charge in [0.2, 0.25) is 0 Å². The van der Waals surface area contributed by atoms with Gasteiger partial charge in [0, 0.05) is 25.1 Å². The second-order valence-corrected chi connectivity index (χ2v) is 7.80. The molecule has 1 aliphatic heterocycles. The summed E-state index contributed by atoms with van der Waals surface area (Å²) in [5.41, 5.74) is 2.94. The maximum absolute atomic E-state index is 12.1. The molecule has 0 aliphatic carbocycles. The topological polar surface area (TPSA) is 92.0 Å². The van der Waals surface area contributed by atoms with Gasteiger partial charge < -0.3 is 14.9 Å². The Balaban J connectivity index is 1.47. The number of aromatic nitrogens is 1. The maximum atomic E-state index is 12.1. The fraction of sp³-hybridized carbons (Fsp3) is 0.231. The summed E-state index contributed by atoms with van der Waals surface area (Å²) in [7, 11) is 0. The lowest BCUT2D eigenvalue weighted by molar-refractivity contribution is 0.0663. The lowest BCUT2D eigenvalue weighted by Crippen LogP contribution is -2.37. The second-order valence-electron chi connectivity index (χ2n) is 7.80. The Bertz CT molecular complexity index is 1200. The molecule has 33 heavy (non-hydrogen) atoms. The van der Waals surface area contributed by atoms with Crippen molar-refractivity contribution in [1.82, 2.24) is 9.47 Å². The van der Waals surface area contributed by atoms with Crippen molar-refractivity contribution in [3.8, 4) is 0 Å². The van der Waals surface area contributed by atoms with Crippen LogP contribution in [0.25, 0.3) is 10.9 Å². The van der Waals surface area contributed by atoms with Crippen molar-refractivity contribution in [1.29, 1.82) is 0 Å². The van der Waals surface area contributed by atoms with Crippen molar-refractivity contribution in [3.05, 3.63) is 95.9 Å². The number of aliphatic hydroxyl groups excluding tert-OH is 1. The maximum Gasteiger partial charge on any atom is 0.416 e. The molecule has 2 heterocycles. The molecule has 170 valence electrons. The third-order valence-corrected chi connectivity index (χ3v) is 5.87. The first-order chi connectivity index (χ1) is 16.1. The van der Waals surface area contributed by atoms with Crippen LogP contribution in [0.5, 0.6) is 0 Å². The van der Waals surface area contributed by atoms with Gasteiger partial charge in [-0.2, -0.15) is 0 Å². The van der Waals surface area contributed by atoms with Crippen molar-refractivity contribution in [2.75, 3.05) is 19.7 Å². The van der Waals surface area contributed by atoms with Crippen LogP contribution in [-0.4, -0.2) is 51.4 Å². The number of nitrogens with zero attached hydrogens (tertiary/aromatic N) is 2. The second kappa shape index (κ2) is 10.3. The molecule has 7 nitrogen and oxygen atoms in total. The number of ether oxygens (including phenoxy) is 1. The fourth-order valence-electron chi connectivity index (χ4n) is 4.45. The molecule has 0 amide bonds. The first kappa shape index (κ1) is 22.5. The average molecular weight is 447 g/mol. The van der Waals surface area contributed by atoms with Crippen LogP contribution in [0.2, 0.25) is 0 Å². The molecule has 1 unspecified atom stereocenters. The first-order valence-corrected chi connectivity index (χ1v) is 10.9. The Morgan fingerprint density at radius 3 is 2.58 bits per heavy atom. The van der Waals surface area contributed by atoms with Crippen molar-refractivity contribution >= 4 is 23.0 Å². The summed E-state index contributed by atoms with van der Waals surface area (Å²) in [6, 6.07) is 16.1. The molecule has 0 bridgehead atoms. The molecule has 0 saturated carbocycles. The summed E-state index contributed by atoms with van der Waals surface area (Å²) < 4.78 is 6.48.